The quantitative estimate of drug-likeness (QED) is 0.621. The zero-order valence-electron chi connectivity index (χ0n) is 15.8. The van der Waals surface area contributed by atoms with Crippen LogP contribution in [0.4, 0.5) is 13.2 Å². The Balaban J connectivity index is 1.42. The van der Waals surface area contributed by atoms with Crippen molar-refractivity contribution < 1.29 is 17.6 Å². The van der Waals surface area contributed by atoms with Gasteiger partial charge in [0.25, 0.3) is 5.89 Å². The first-order chi connectivity index (χ1) is 14.0. The van der Waals surface area contributed by atoms with Gasteiger partial charge in [-0.25, -0.2) is 9.07 Å². The molecule has 1 aliphatic heterocycles. The number of piperidine rings is 1. The van der Waals surface area contributed by atoms with E-state index in [-0.39, 0.29) is 5.89 Å². The summed E-state index contributed by atoms with van der Waals surface area (Å²) in [5, 5.41) is 14.9. The van der Waals surface area contributed by atoms with E-state index in [4.69, 9.17) is 4.42 Å². The van der Waals surface area contributed by atoms with E-state index in [1.54, 1.807) is 18.3 Å². The van der Waals surface area contributed by atoms with E-state index in [1.807, 2.05) is 0 Å². The number of nitrogens with zero attached hydrogens (tertiary/aromatic N) is 7. The summed E-state index contributed by atoms with van der Waals surface area (Å²) in [5.74, 6) is -0.760. The van der Waals surface area contributed by atoms with Crippen molar-refractivity contribution in [2.24, 2.45) is 0 Å². The van der Waals surface area contributed by atoms with Crippen molar-refractivity contribution in [3.63, 3.8) is 0 Å². The maximum Gasteiger partial charge on any atom is 0.314 e. The highest BCUT2D eigenvalue weighted by molar-refractivity contribution is 5.50. The van der Waals surface area contributed by atoms with Gasteiger partial charge in [0.15, 0.2) is 5.67 Å². The summed E-state index contributed by atoms with van der Waals surface area (Å²) in [6.45, 7) is 4.68. The predicted octanol–water partition coefficient (Wildman–Crippen LogP) is 2.99. The maximum absolute atomic E-state index is 15.2. The van der Waals surface area contributed by atoms with Crippen LogP contribution in [0.5, 0.6) is 0 Å². The molecule has 1 saturated heterocycles. The minimum absolute atomic E-state index is 0.0276. The number of likely N-dealkylation sites (tertiary alicyclic amines) is 1. The van der Waals surface area contributed by atoms with Gasteiger partial charge in [-0.3, -0.25) is 4.98 Å². The Morgan fingerprint density at radius 1 is 1.17 bits per heavy atom. The first-order valence-corrected chi connectivity index (χ1v) is 9.35. The molecule has 3 aromatic heterocycles. The monoisotopic (exact) mass is 407 g/mol. The van der Waals surface area contributed by atoms with Crippen LogP contribution in [-0.2, 0) is 12.2 Å². The van der Waals surface area contributed by atoms with Crippen LogP contribution in [0.1, 0.15) is 43.5 Å². The number of aromatic nitrogens is 6. The van der Waals surface area contributed by atoms with Crippen LogP contribution in [0.25, 0.3) is 11.5 Å². The van der Waals surface area contributed by atoms with E-state index in [1.165, 1.54) is 10.9 Å². The second kappa shape index (κ2) is 7.90. The van der Waals surface area contributed by atoms with E-state index in [0.29, 0.717) is 49.4 Å². The molecule has 154 valence electrons. The van der Waals surface area contributed by atoms with Crippen molar-refractivity contribution in [2.45, 2.75) is 38.4 Å². The molecule has 4 rings (SSSR count). The molecule has 0 atom stereocenters. The number of hydrogen-bond donors (Lipinski definition) is 0. The molecule has 8 nitrogen and oxygen atoms in total. The largest absolute Gasteiger partial charge is 0.415 e. The molecule has 0 aliphatic carbocycles. The van der Waals surface area contributed by atoms with Crippen molar-refractivity contribution in [3.05, 3.63) is 41.8 Å². The van der Waals surface area contributed by atoms with Gasteiger partial charge in [0.05, 0.1) is 24.0 Å². The van der Waals surface area contributed by atoms with Gasteiger partial charge in [0.2, 0.25) is 5.89 Å². The van der Waals surface area contributed by atoms with Gasteiger partial charge in [-0.2, -0.15) is 8.78 Å². The average molecular weight is 407 g/mol. The van der Waals surface area contributed by atoms with Crippen LogP contribution in [0.2, 0.25) is 0 Å². The molecule has 0 bridgehead atoms. The first kappa shape index (κ1) is 19.5. The third-order valence-corrected chi connectivity index (χ3v) is 5.12. The fourth-order valence-electron chi connectivity index (χ4n) is 3.31. The van der Waals surface area contributed by atoms with Gasteiger partial charge < -0.3 is 9.32 Å². The Kier molecular flexibility index (Phi) is 5.31. The predicted molar refractivity (Wildman–Crippen MR) is 95.7 cm³/mol. The van der Waals surface area contributed by atoms with Gasteiger partial charge in [-0.05, 0) is 18.7 Å². The van der Waals surface area contributed by atoms with Crippen LogP contribution in [0.15, 0.2) is 28.9 Å². The normalized spacial score (nSPS) is 17.1. The number of rotatable bonds is 6. The number of halogens is 3. The number of alkyl halides is 3. The highest BCUT2D eigenvalue weighted by Crippen LogP contribution is 2.35. The summed E-state index contributed by atoms with van der Waals surface area (Å²) in [4.78, 5) is 6.47. The first-order valence-electron chi connectivity index (χ1n) is 9.35. The summed E-state index contributed by atoms with van der Waals surface area (Å²) < 4.78 is 46.8. The summed E-state index contributed by atoms with van der Waals surface area (Å²) >= 11 is 0. The lowest BCUT2D eigenvalue weighted by atomic mass is 9.90. The molecule has 29 heavy (non-hydrogen) atoms. The van der Waals surface area contributed by atoms with Crippen LogP contribution in [-0.4, -0.2) is 54.7 Å². The van der Waals surface area contributed by atoms with Gasteiger partial charge in [0.1, 0.15) is 5.69 Å². The number of pyridine rings is 1. The lowest BCUT2D eigenvalue weighted by Gasteiger charge is -2.34. The van der Waals surface area contributed by atoms with Crippen molar-refractivity contribution in [2.75, 3.05) is 19.6 Å². The molecule has 4 heterocycles. The fourth-order valence-corrected chi connectivity index (χ4v) is 3.31. The van der Waals surface area contributed by atoms with Crippen molar-refractivity contribution >= 4 is 0 Å². The lowest BCUT2D eigenvalue weighted by Crippen LogP contribution is -2.40. The molecular weight excluding hydrogens is 387 g/mol. The summed E-state index contributed by atoms with van der Waals surface area (Å²) in [7, 11) is 0. The Morgan fingerprint density at radius 2 is 1.97 bits per heavy atom. The molecule has 3 aromatic rings. The molecule has 11 heteroatoms. The molecule has 0 unspecified atom stereocenters. The zero-order valence-corrected chi connectivity index (χ0v) is 15.8. The summed E-state index contributed by atoms with van der Waals surface area (Å²) in [5.41, 5.74) is -0.0396. The third kappa shape index (κ3) is 4.14. The molecule has 1 aliphatic rings. The van der Waals surface area contributed by atoms with Crippen molar-refractivity contribution in [1.29, 1.82) is 0 Å². The second-order valence-corrected chi connectivity index (χ2v) is 6.99. The van der Waals surface area contributed by atoms with Crippen LogP contribution in [0, 0.1) is 0 Å². The smallest absolute Gasteiger partial charge is 0.314 e. The second-order valence-electron chi connectivity index (χ2n) is 6.99. The topological polar surface area (TPSA) is 85.8 Å². The molecule has 0 radical (unpaired) electrons. The standard InChI is InChI=1S/C18H20F3N7O/c1-2-27-7-5-18(21,6-8-27)14-11-28(26-23-14)10-13-4-3-12(9-22-13)16-24-25-17(29-16)15(19)20/h3-4,9,11,15H,2,5-8,10H2,1H3. The summed E-state index contributed by atoms with van der Waals surface area (Å²) in [6.07, 6.45) is 1.05. The Hall–Kier alpha value is -2.82. The van der Waals surface area contributed by atoms with Crippen LogP contribution < -0.4 is 0 Å². The number of hydrogen-bond acceptors (Lipinski definition) is 7. The Morgan fingerprint density at radius 3 is 2.59 bits per heavy atom. The molecule has 0 aromatic carbocycles. The van der Waals surface area contributed by atoms with Crippen LogP contribution >= 0.6 is 0 Å². The van der Waals surface area contributed by atoms with E-state index in [9.17, 15) is 8.78 Å². The third-order valence-electron chi connectivity index (χ3n) is 5.12. The molecular formula is C18H20F3N7O. The minimum Gasteiger partial charge on any atom is -0.415 e. The van der Waals surface area contributed by atoms with E-state index >= 15 is 4.39 Å². The fraction of sp³-hybridized carbons (Fsp3) is 0.500. The molecule has 0 N–H and O–H groups in total. The molecule has 1 fully saturated rings. The highest BCUT2D eigenvalue weighted by Gasteiger charge is 2.38. The van der Waals surface area contributed by atoms with E-state index in [2.05, 4.69) is 37.3 Å². The Bertz CT molecular complexity index is 949. The highest BCUT2D eigenvalue weighted by atomic mass is 19.3. The van der Waals surface area contributed by atoms with Gasteiger partial charge in [-0.1, -0.05) is 12.1 Å². The lowest BCUT2D eigenvalue weighted by molar-refractivity contribution is 0.0546. The molecule has 0 spiro atoms. The van der Waals surface area contributed by atoms with Gasteiger partial charge in [0, 0.05) is 32.1 Å². The Labute approximate surface area is 164 Å². The van der Waals surface area contributed by atoms with Gasteiger partial charge >= 0.3 is 6.43 Å². The van der Waals surface area contributed by atoms with Crippen LogP contribution in [0.3, 0.4) is 0 Å². The maximum atomic E-state index is 15.2. The SMILES string of the molecule is CCN1CCC(F)(c2cn(Cc3ccc(-c4nnc(C(F)F)o4)cn3)nn2)CC1. The zero-order chi connectivity index (χ0) is 20.4. The van der Waals surface area contributed by atoms with Gasteiger partial charge in [-0.15, -0.1) is 15.3 Å². The average Bonchev–Trinajstić information content (AvgIpc) is 3.40. The molecule has 0 saturated carbocycles. The van der Waals surface area contributed by atoms with E-state index in [0.717, 1.165) is 6.54 Å². The van der Waals surface area contributed by atoms with E-state index < -0.39 is 18.0 Å². The summed E-state index contributed by atoms with van der Waals surface area (Å²) in [6, 6.07) is 3.33. The molecule has 0 amide bonds. The minimum atomic E-state index is -2.82. The van der Waals surface area contributed by atoms with Crippen molar-refractivity contribution in [3.8, 4) is 11.5 Å². The van der Waals surface area contributed by atoms with Crippen molar-refractivity contribution in [1.82, 2.24) is 35.1 Å².